The minimum absolute atomic E-state index is 0.0152. The quantitative estimate of drug-likeness (QED) is 0.643. The van der Waals surface area contributed by atoms with Crippen LogP contribution in [-0.2, 0) is 19.1 Å². The minimum Gasteiger partial charge on any atom is -0.497 e. The highest BCUT2D eigenvalue weighted by atomic mass is 16.5. The van der Waals surface area contributed by atoms with Crippen LogP contribution in [0.25, 0.3) is 0 Å². The number of anilines is 2. The van der Waals surface area contributed by atoms with Crippen LogP contribution in [0.2, 0.25) is 0 Å². The van der Waals surface area contributed by atoms with Crippen molar-refractivity contribution in [1.29, 1.82) is 0 Å². The summed E-state index contributed by atoms with van der Waals surface area (Å²) >= 11 is 0. The fourth-order valence-electron chi connectivity index (χ4n) is 3.25. The number of rotatable bonds is 8. The second-order valence-corrected chi connectivity index (χ2v) is 6.83. The molecule has 0 radical (unpaired) electrons. The lowest BCUT2D eigenvalue weighted by Crippen LogP contribution is -2.28. The lowest BCUT2D eigenvalue weighted by molar-refractivity contribution is -0.151. The predicted octanol–water partition coefficient (Wildman–Crippen LogP) is 2.25. The number of ether oxygens (including phenoxy) is 4. The molecule has 2 aromatic rings. The zero-order valence-electron chi connectivity index (χ0n) is 17.5. The number of methoxy groups -OCH3 is 3. The van der Waals surface area contributed by atoms with Gasteiger partial charge in [0.05, 0.1) is 32.9 Å². The maximum atomic E-state index is 12.4. The Labute approximate surface area is 179 Å². The first kappa shape index (κ1) is 21.9. The van der Waals surface area contributed by atoms with Gasteiger partial charge in [-0.3, -0.25) is 14.4 Å². The summed E-state index contributed by atoms with van der Waals surface area (Å²) < 4.78 is 20.7. The summed E-state index contributed by atoms with van der Waals surface area (Å²) in [4.78, 5) is 38.5. The normalized spacial score (nSPS) is 15.4. The van der Waals surface area contributed by atoms with Gasteiger partial charge in [0.15, 0.2) is 6.61 Å². The van der Waals surface area contributed by atoms with Gasteiger partial charge in [0, 0.05) is 30.8 Å². The molecule has 2 aromatic carbocycles. The molecule has 0 bridgehead atoms. The summed E-state index contributed by atoms with van der Waals surface area (Å²) in [7, 11) is 4.52. The molecule has 31 heavy (non-hydrogen) atoms. The molecular weight excluding hydrogens is 404 g/mol. The van der Waals surface area contributed by atoms with Crippen molar-refractivity contribution in [2.45, 2.75) is 6.42 Å². The predicted molar refractivity (Wildman–Crippen MR) is 113 cm³/mol. The number of hydrogen-bond acceptors (Lipinski definition) is 7. The van der Waals surface area contributed by atoms with Crippen LogP contribution in [0.4, 0.5) is 11.4 Å². The Morgan fingerprint density at radius 3 is 2.48 bits per heavy atom. The van der Waals surface area contributed by atoms with Crippen LogP contribution in [0.3, 0.4) is 0 Å². The van der Waals surface area contributed by atoms with Crippen molar-refractivity contribution in [3.8, 4) is 17.2 Å². The van der Waals surface area contributed by atoms with Crippen LogP contribution in [0.1, 0.15) is 6.42 Å². The largest absolute Gasteiger partial charge is 0.497 e. The molecule has 9 nitrogen and oxygen atoms in total. The number of carbonyl (C=O) groups excluding carboxylic acids is 3. The van der Waals surface area contributed by atoms with Crippen LogP contribution in [0.5, 0.6) is 17.2 Å². The molecule has 0 aromatic heterocycles. The van der Waals surface area contributed by atoms with Gasteiger partial charge in [0.1, 0.15) is 17.2 Å². The van der Waals surface area contributed by atoms with Gasteiger partial charge >= 0.3 is 5.97 Å². The van der Waals surface area contributed by atoms with Gasteiger partial charge in [-0.05, 0) is 24.3 Å². The fraction of sp³-hybridized carbons (Fsp3) is 0.318. The molecule has 0 unspecified atom stereocenters. The summed E-state index contributed by atoms with van der Waals surface area (Å²) in [5.74, 6) is -0.397. The van der Waals surface area contributed by atoms with E-state index >= 15 is 0 Å². The smallest absolute Gasteiger partial charge is 0.311 e. The first-order valence-corrected chi connectivity index (χ1v) is 9.58. The second kappa shape index (κ2) is 9.84. The highest BCUT2D eigenvalue weighted by molar-refractivity contribution is 6.00. The van der Waals surface area contributed by atoms with Crippen molar-refractivity contribution in [2.75, 3.05) is 44.7 Å². The van der Waals surface area contributed by atoms with E-state index in [2.05, 4.69) is 5.32 Å². The third-order valence-corrected chi connectivity index (χ3v) is 4.85. The van der Waals surface area contributed by atoms with Crippen molar-refractivity contribution in [3.63, 3.8) is 0 Å². The molecular formula is C22H24N2O7. The molecule has 1 N–H and O–H groups in total. The van der Waals surface area contributed by atoms with Gasteiger partial charge in [0.25, 0.3) is 5.91 Å². The van der Waals surface area contributed by atoms with Gasteiger partial charge in [-0.25, -0.2) is 0 Å². The van der Waals surface area contributed by atoms with Crippen molar-refractivity contribution < 1.29 is 33.3 Å². The molecule has 1 heterocycles. The number of hydrogen-bond donors (Lipinski definition) is 1. The Morgan fingerprint density at radius 2 is 1.77 bits per heavy atom. The highest BCUT2D eigenvalue weighted by Crippen LogP contribution is 2.30. The van der Waals surface area contributed by atoms with Crippen molar-refractivity contribution in [3.05, 3.63) is 42.5 Å². The van der Waals surface area contributed by atoms with Crippen LogP contribution >= 0.6 is 0 Å². The second-order valence-electron chi connectivity index (χ2n) is 6.83. The third kappa shape index (κ3) is 5.25. The Bertz CT molecular complexity index is 976. The van der Waals surface area contributed by atoms with E-state index in [1.807, 2.05) is 0 Å². The Balaban J connectivity index is 1.56. The number of benzene rings is 2. The SMILES string of the molecule is COc1cccc(N2C[C@@H](C(=O)OCC(=O)Nc3cc(OC)ccc3OC)CC2=O)c1. The van der Waals surface area contributed by atoms with E-state index in [0.29, 0.717) is 28.6 Å². The van der Waals surface area contributed by atoms with Crippen molar-refractivity contribution in [1.82, 2.24) is 0 Å². The first-order chi connectivity index (χ1) is 14.9. The van der Waals surface area contributed by atoms with Gasteiger partial charge in [-0.2, -0.15) is 0 Å². The van der Waals surface area contributed by atoms with E-state index in [-0.39, 0.29) is 18.9 Å². The summed E-state index contributed by atoms with van der Waals surface area (Å²) in [6, 6.07) is 12.0. The molecule has 9 heteroatoms. The molecule has 164 valence electrons. The monoisotopic (exact) mass is 428 g/mol. The average Bonchev–Trinajstić information content (AvgIpc) is 3.19. The first-order valence-electron chi connectivity index (χ1n) is 9.58. The van der Waals surface area contributed by atoms with Crippen LogP contribution in [0, 0.1) is 5.92 Å². The summed E-state index contributed by atoms with van der Waals surface area (Å²) in [6.07, 6.45) is 0.0152. The molecule has 0 saturated carbocycles. The zero-order chi connectivity index (χ0) is 22.4. The fourth-order valence-corrected chi connectivity index (χ4v) is 3.25. The average molecular weight is 428 g/mol. The molecule has 1 fully saturated rings. The maximum Gasteiger partial charge on any atom is 0.311 e. The third-order valence-electron chi connectivity index (χ3n) is 4.85. The van der Waals surface area contributed by atoms with Gasteiger partial charge in [-0.1, -0.05) is 6.07 Å². The zero-order valence-corrected chi connectivity index (χ0v) is 17.5. The Hall–Kier alpha value is -3.75. The molecule has 1 atom stereocenters. The molecule has 3 rings (SSSR count). The van der Waals surface area contributed by atoms with Crippen molar-refractivity contribution >= 4 is 29.2 Å². The van der Waals surface area contributed by atoms with E-state index in [9.17, 15) is 14.4 Å². The topological polar surface area (TPSA) is 103 Å². The van der Waals surface area contributed by atoms with E-state index in [1.165, 1.54) is 26.2 Å². The van der Waals surface area contributed by atoms with E-state index in [1.54, 1.807) is 42.5 Å². The van der Waals surface area contributed by atoms with E-state index in [4.69, 9.17) is 18.9 Å². The number of amides is 2. The Kier molecular flexibility index (Phi) is 6.96. The van der Waals surface area contributed by atoms with E-state index in [0.717, 1.165) is 0 Å². The van der Waals surface area contributed by atoms with Crippen LogP contribution in [-0.4, -0.2) is 52.3 Å². The minimum atomic E-state index is -0.655. The van der Waals surface area contributed by atoms with Crippen LogP contribution in [0.15, 0.2) is 42.5 Å². The van der Waals surface area contributed by atoms with Gasteiger partial charge < -0.3 is 29.2 Å². The molecule has 0 aliphatic carbocycles. The number of nitrogens with zero attached hydrogens (tertiary/aromatic N) is 1. The van der Waals surface area contributed by atoms with E-state index < -0.39 is 24.4 Å². The highest BCUT2D eigenvalue weighted by Gasteiger charge is 2.36. The van der Waals surface area contributed by atoms with Gasteiger partial charge in [-0.15, -0.1) is 0 Å². The Morgan fingerprint density at radius 1 is 1.03 bits per heavy atom. The molecule has 0 spiro atoms. The summed E-state index contributed by atoms with van der Waals surface area (Å²) in [6.45, 7) is -0.306. The lowest BCUT2D eigenvalue weighted by Gasteiger charge is -2.17. The summed E-state index contributed by atoms with van der Waals surface area (Å²) in [5, 5.41) is 2.63. The van der Waals surface area contributed by atoms with Crippen molar-refractivity contribution in [2.24, 2.45) is 5.92 Å². The van der Waals surface area contributed by atoms with Crippen LogP contribution < -0.4 is 24.4 Å². The standard InChI is InChI=1S/C22H24N2O7/c1-28-16-6-4-5-15(10-16)24-12-14(9-21(24)26)22(27)31-13-20(25)23-18-11-17(29-2)7-8-19(18)30-3/h4-8,10-11,14H,9,12-13H2,1-3H3,(H,23,25)/t14-/m0/s1. The molecule has 1 aliphatic rings. The molecule has 1 saturated heterocycles. The lowest BCUT2D eigenvalue weighted by atomic mass is 10.1. The molecule has 2 amide bonds. The number of nitrogens with one attached hydrogen (secondary N) is 1. The molecule has 1 aliphatic heterocycles. The van der Waals surface area contributed by atoms with Gasteiger partial charge in [0.2, 0.25) is 5.91 Å². The summed E-state index contributed by atoms with van der Waals surface area (Å²) in [5.41, 5.74) is 1.03. The number of esters is 1. The maximum absolute atomic E-state index is 12.4. The number of carbonyl (C=O) groups is 3.